The van der Waals surface area contributed by atoms with Gasteiger partial charge in [-0.25, -0.2) is 4.79 Å². The van der Waals surface area contributed by atoms with E-state index in [0.29, 0.717) is 5.56 Å². The van der Waals surface area contributed by atoms with E-state index in [-0.39, 0.29) is 49.7 Å². The number of hydrogen-bond acceptors (Lipinski definition) is 10. The third-order valence-electron chi connectivity index (χ3n) is 6.90. The lowest BCUT2D eigenvalue weighted by atomic mass is 10.2. The molecule has 64 heavy (non-hydrogen) atoms. The fraction of sp³-hybridized carbons (Fsp3) is 0.184. The Bertz CT molecular complexity index is 2330. The summed E-state index contributed by atoms with van der Waals surface area (Å²) >= 11 is 11.3. The number of nitrogen functional groups attached to an aromatic ring is 2. The van der Waals surface area contributed by atoms with E-state index < -0.39 is 59.4 Å². The van der Waals surface area contributed by atoms with Gasteiger partial charge in [-0.1, -0.05) is 47.5 Å². The van der Waals surface area contributed by atoms with Gasteiger partial charge >= 0.3 is 31.5 Å². The Balaban J connectivity index is 0.000000304. The molecular formula is C38H30Cl2F12N4O8. The van der Waals surface area contributed by atoms with Crippen LogP contribution in [0, 0.1) is 30.9 Å². The number of ether oxygens (including phenoxy) is 5. The number of non-ortho nitro benzene ring substituents is 1. The average Bonchev–Trinajstić information content (AvgIpc) is 3.11. The number of nitro groups is 1. The number of para-hydroxylation sites is 1. The lowest BCUT2D eigenvalue weighted by molar-refractivity contribution is -0.385. The largest absolute Gasteiger partial charge is 0.573 e. The molecule has 1 amide bonds. The number of benzene rings is 5. The van der Waals surface area contributed by atoms with E-state index in [9.17, 15) is 67.6 Å². The topological polar surface area (TPSA) is 170 Å². The van der Waals surface area contributed by atoms with Gasteiger partial charge in [-0.3, -0.25) is 15.4 Å². The number of anilines is 3. The number of hydrogen-bond donors (Lipinski definition) is 3. The Kier molecular flexibility index (Phi) is 18.9. The number of nitrogens with one attached hydrogen (secondary N) is 1. The second-order valence-corrected chi connectivity index (χ2v) is 12.9. The van der Waals surface area contributed by atoms with Gasteiger partial charge in [0.2, 0.25) is 0 Å². The summed E-state index contributed by atoms with van der Waals surface area (Å²) in [6.45, 7) is 4.25. The predicted octanol–water partition coefficient (Wildman–Crippen LogP) is 13.3. The van der Waals surface area contributed by atoms with E-state index in [0.717, 1.165) is 36.4 Å². The second kappa shape index (κ2) is 22.6. The Morgan fingerprint density at radius 3 is 1.59 bits per heavy atom. The minimum Gasteiger partial charge on any atom is -0.410 e. The van der Waals surface area contributed by atoms with E-state index in [1.54, 1.807) is 30.3 Å². The van der Waals surface area contributed by atoms with Gasteiger partial charge in [0, 0.05) is 56.9 Å². The molecule has 0 spiro atoms. The Morgan fingerprint density at radius 1 is 0.594 bits per heavy atom. The minimum absolute atomic E-state index is 0.0146. The highest BCUT2D eigenvalue weighted by molar-refractivity contribution is 6.32. The van der Waals surface area contributed by atoms with Gasteiger partial charge < -0.3 is 35.2 Å². The zero-order chi connectivity index (χ0) is 48.8. The number of alkyl halides is 12. The van der Waals surface area contributed by atoms with Crippen molar-refractivity contribution in [3.05, 3.63) is 134 Å². The van der Waals surface area contributed by atoms with Crippen molar-refractivity contribution in [3.63, 3.8) is 0 Å². The third-order valence-corrected chi connectivity index (χ3v) is 7.51. The molecule has 0 unspecified atom stereocenters. The molecule has 0 atom stereocenters. The van der Waals surface area contributed by atoms with E-state index in [1.165, 1.54) is 51.1 Å². The minimum atomic E-state index is -4.86. The number of nitrogens with two attached hydrogens (primary N) is 2. The van der Waals surface area contributed by atoms with E-state index >= 15 is 0 Å². The van der Waals surface area contributed by atoms with Crippen molar-refractivity contribution in [2.75, 3.05) is 16.8 Å². The number of aryl methyl sites for hydroxylation is 2. The Hall–Kier alpha value is -6.69. The van der Waals surface area contributed by atoms with Crippen LogP contribution in [0.3, 0.4) is 0 Å². The van der Waals surface area contributed by atoms with Crippen LogP contribution in [-0.2, 0) is 0 Å². The normalized spacial score (nSPS) is 11.2. The van der Waals surface area contributed by atoms with Crippen LogP contribution < -0.4 is 40.5 Å². The molecule has 0 bridgehead atoms. The van der Waals surface area contributed by atoms with Crippen LogP contribution in [0.15, 0.2) is 97.1 Å². The van der Waals surface area contributed by atoms with Crippen molar-refractivity contribution in [2.45, 2.75) is 46.2 Å². The monoisotopic (exact) mass is 968 g/mol. The molecule has 12 nitrogen and oxygen atoms in total. The zero-order valence-electron chi connectivity index (χ0n) is 32.4. The molecule has 5 rings (SSSR count). The number of carbonyl (C=O) groups is 1. The quantitative estimate of drug-likeness (QED) is 0.0617. The number of carbonyl (C=O) groups excluding carboxylic acids is 1. The van der Waals surface area contributed by atoms with Gasteiger partial charge in [0.05, 0.1) is 11.0 Å². The van der Waals surface area contributed by atoms with Crippen LogP contribution >= 0.6 is 23.2 Å². The highest BCUT2D eigenvalue weighted by Gasteiger charge is 2.34. The molecule has 0 aliphatic rings. The summed E-state index contributed by atoms with van der Waals surface area (Å²) in [6, 6.07) is 21.1. The van der Waals surface area contributed by atoms with Gasteiger partial charge in [-0.05, 0) is 74.4 Å². The van der Waals surface area contributed by atoms with Crippen LogP contribution in [0.1, 0.15) is 16.7 Å². The van der Waals surface area contributed by atoms with Crippen molar-refractivity contribution in [2.24, 2.45) is 0 Å². The molecule has 0 aliphatic carbocycles. The molecule has 0 aromatic heterocycles. The smallest absolute Gasteiger partial charge is 0.410 e. The predicted molar refractivity (Wildman–Crippen MR) is 208 cm³/mol. The maximum Gasteiger partial charge on any atom is 0.573 e. The standard InChI is InChI=1S/C15H11ClF3NO3.C8H6F3NO3.C8H8F3NO.C7H5ClF3NO/c1-9-12(16)7-10(8-13(9)23-15(17,18)19)20-14(21)22-11-5-3-2-4-6-11;1-5-2-3-6(12(13)14)4-7(5)15-8(9,10)11;1-5-2-3-6(12)4-7(5)13-8(9,10)11;8-4-1-5(12)3-6(2-4)13-7(9,10)11/h2-8H,1H3,(H,20,21);2-4H,1H3;2-4H,12H2,1H3;1-3H,12H2. The first kappa shape index (κ1) is 53.4. The highest BCUT2D eigenvalue weighted by atomic mass is 35.5. The maximum atomic E-state index is 12.4. The summed E-state index contributed by atoms with van der Waals surface area (Å²) in [7, 11) is 0. The molecule has 0 saturated carbocycles. The summed E-state index contributed by atoms with van der Waals surface area (Å²) in [5.41, 5.74) is 11.1. The molecule has 5 aromatic carbocycles. The lowest BCUT2D eigenvalue weighted by Gasteiger charge is -2.14. The first-order chi connectivity index (χ1) is 29.3. The van der Waals surface area contributed by atoms with Gasteiger partial charge in [-0.15, -0.1) is 52.7 Å². The second-order valence-electron chi connectivity index (χ2n) is 12.1. The number of nitrogens with zero attached hydrogens (tertiary/aromatic N) is 1. The molecule has 0 heterocycles. The van der Waals surface area contributed by atoms with Gasteiger partial charge in [0.15, 0.2) is 0 Å². The van der Waals surface area contributed by atoms with Crippen LogP contribution in [0.5, 0.6) is 28.7 Å². The van der Waals surface area contributed by atoms with Crippen molar-refractivity contribution >= 4 is 52.0 Å². The van der Waals surface area contributed by atoms with Crippen LogP contribution in [0.2, 0.25) is 10.0 Å². The van der Waals surface area contributed by atoms with Crippen molar-refractivity contribution in [3.8, 4) is 28.7 Å². The van der Waals surface area contributed by atoms with Crippen molar-refractivity contribution in [1.29, 1.82) is 0 Å². The number of nitro benzene ring substituents is 1. The zero-order valence-corrected chi connectivity index (χ0v) is 33.9. The Labute approximate surface area is 363 Å². The molecule has 0 radical (unpaired) electrons. The summed E-state index contributed by atoms with van der Waals surface area (Å²) < 4.78 is 163. The number of rotatable bonds is 7. The lowest BCUT2D eigenvalue weighted by Crippen LogP contribution is -2.19. The molecule has 5 aromatic rings. The van der Waals surface area contributed by atoms with Gasteiger partial charge in [-0.2, -0.15) is 0 Å². The summed E-state index contributed by atoms with van der Waals surface area (Å²) in [5.74, 6) is -1.45. The summed E-state index contributed by atoms with van der Waals surface area (Å²) in [6.07, 6.45) is -20.0. The molecule has 5 N–H and O–H groups in total. The first-order valence-electron chi connectivity index (χ1n) is 16.8. The average molecular weight is 970 g/mol. The first-order valence-corrected chi connectivity index (χ1v) is 17.6. The molecule has 0 aliphatic heterocycles. The summed E-state index contributed by atoms with van der Waals surface area (Å²) in [4.78, 5) is 21.2. The molecule has 26 heteroatoms. The molecule has 348 valence electrons. The maximum absolute atomic E-state index is 12.4. The van der Waals surface area contributed by atoms with Gasteiger partial charge in [0.1, 0.15) is 28.7 Å². The molecule has 0 fully saturated rings. The van der Waals surface area contributed by atoms with E-state index in [1.807, 2.05) is 0 Å². The summed E-state index contributed by atoms with van der Waals surface area (Å²) in [5, 5.41) is 12.7. The fourth-order valence-electron chi connectivity index (χ4n) is 4.26. The van der Waals surface area contributed by atoms with Crippen molar-refractivity contribution in [1.82, 2.24) is 0 Å². The third kappa shape index (κ3) is 21.4. The number of halogens is 14. The number of amides is 1. The van der Waals surface area contributed by atoms with Crippen LogP contribution in [0.4, 0.5) is 80.2 Å². The molecular weight excluding hydrogens is 939 g/mol. The Morgan fingerprint density at radius 2 is 1.09 bits per heavy atom. The molecule has 0 saturated heterocycles. The van der Waals surface area contributed by atoms with Gasteiger partial charge in [0.25, 0.3) is 5.69 Å². The SMILES string of the molecule is Cc1c(Cl)cc(NC(=O)Oc2ccccc2)cc1OC(F)(F)F.Cc1ccc(N)cc1OC(F)(F)F.Cc1ccc([N+](=O)[O-])cc1OC(F)(F)F.Nc1cc(Cl)cc(OC(F)(F)F)c1. The highest BCUT2D eigenvalue weighted by Crippen LogP contribution is 2.35. The van der Waals surface area contributed by atoms with E-state index in [2.05, 4.69) is 24.3 Å². The van der Waals surface area contributed by atoms with Crippen LogP contribution in [-0.4, -0.2) is 36.5 Å². The fourth-order valence-corrected chi connectivity index (χ4v) is 4.70. The van der Waals surface area contributed by atoms with Crippen LogP contribution in [0.25, 0.3) is 0 Å². The van der Waals surface area contributed by atoms with Crippen molar-refractivity contribution < 1.29 is 86.1 Å². The van der Waals surface area contributed by atoms with E-state index in [4.69, 9.17) is 39.4 Å².